The minimum atomic E-state index is -1.56. The summed E-state index contributed by atoms with van der Waals surface area (Å²) in [6.07, 6.45) is 5.17. The van der Waals surface area contributed by atoms with E-state index in [4.69, 9.17) is 0 Å². The second kappa shape index (κ2) is 8.56. The minimum Gasteiger partial charge on any atom is -0.339 e. The van der Waals surface area contributed by atoms with Crippen molar-refractivity contribution in [2.75, 3.05) is 29.4 Å². The lowest BCUT2D eigenvalue weighted by Crippen LogP contribution is -2.58. The van der Waals surface area contributed by atoms with Crippen LogP contribution in [0.2, 0.25) is 0 Å². The molecule has 1 spiro atoms. The van der Waals surface area contributed by atoms with Gasteiger partial charge in [-0.05, 0) is 30.7 Å². The molecule has 0 radical (unpaired) electrons. The van der Waals surface area contributed by atoms with Gasteiger partial charge in [-0.25, -0.2) is 23.1 Å². The van der Waals surface area contributed by atoms with E-state index >= 15 is 0 Å². The zero-order valence-corrected chi connectivity index (χ0v) is 20.1. The maximum absolute atomic E-state index is 13.6. The highest BCUT2D eigenvalue weighted by atomic mass is 19.2. The van der Waals surface area contributed by atoms with Gasteiger partial charge in [0.05, 0.1) is 37.1 Å². The van der Waals surface area contributed by atoms with Crippen molar-refractivity contribution < 1.29 is 22.8 Å². The molecule has 0 bridgehead atoms. The number of aromatic nitrogens is 4. The Morgan fingerprint density at radius 2 is 1.81 bits per heavy atom. The van der Waals surface area contributed by atoms with Crippen LogP contribution in [0.25, 0.3) is 0 Å². The molecule has 0 unspecified atom stereocenters. The fourth-order valence-corrected chi connectivity index (χ4v) is 5.62. The van der Waals surface area contributed by atoms with Crippen LogP contribution in [-0.4, -0.2) is 62.1 Å². The van der Waals surface area contributed by atoms with Gasteiger partial charge in [-0.15, -0.1) is 0 Å². The number of carbonyl (C=O) groups is 2. The van der Waals surface area contributed by atoms with Crippen molar-refractivity contribution >= 4 is 23.5 Å². The summed E-state index contributed by atoms with van der Waals surface area (Å²) in [6.45, 7) is 4.36. The highest BCUT2D eigenvalue weighted by Gasteiger charge is 2.53. The van der Waals surface area contributed by atoms with Crippen LogP contribution >= 0.6 is 0 Å². The van der Waals surface area contributed by atoms with E-state index in [0.29, 0.717) is 44.2 Å². The lowest BCUT2D eigenvalue weighted by molar-refractivity contribution is -0.134. The average molecular weight is 512 g/mol. The van der Waals surface area contributed by atoms with Crippen LogP contribution in [0, 0.1) is 22.9 Å². The highest BCUT2D eigenvalue weighted by molar-refractivity contribution is 5.97. The predicted octanol–water partition coefficient (Wildman–Crippen LogP) is 2.31. The Morgan fingerprint density at radius 3 is 2.51 bits per heavy atom. The first-order valence-electron chi connectivity index (χ1n) is 12.0. The number of nitrogens with zero attached hydrogens (tertiary/aromatic N) is 7. The maximum atomic E-state index is 13.6. The Hall–Kier alpha value is -3.96. The Bertz CT molecular complexity index is 1370. The number of halogens is 3. The summed E-state index contributed by atoms with van der Waals surface area (Å²) in [5, 5.41) is 4.46. The van der Waals surface area contributed by atoms with Gasteiger partial charge in [-0.3, -0.25) is 14.3 Å². The summed E-state index contributed by atoms with van der Waals surface area (Å²) >= 11 is 0. The number of fused-ring (bicyclic) bond motifs is 1. The summed E-state index contributed by atoms with van der Waals surface area (Å²) in [5.41, 5.74) is 1.26. The van der Waals surface area contributed by atoms with E-state index in [1.54, 1.807) is 39.1 Å². The summed E-state index contributed by atoms with van der Waals surface area (Å²) in [5.74, 6) is -3.92. The van der Waals surface area contributed by atoms with Crippen LogP contribution in [-0.2, 0) is 29.1 Å². The molecule has 0 N–H and O–H groups in total. The van der Waals surface area contributed by atoms with Gasteiger partial charge in [-0.1, -0.05) is 0 Å². The summed E-state index contributed by atoms with van der Waals surface area (Å²) < 4.78 is 42.4. The molecule has 3 aromatic rings. The van der Waals surface area contributed by atoms with Gasteiger partial charge in [0.2, 0.25) is 17.8 Å². The number of carbonyl (C=O) groups excluding carboxylic acids is 2. The van der Waals surface area contributed by atoms with E-state index in [-0.39, 0.29) is 41.8 Å². The molecule has 3 aliphatic rings. The molecule has 5 heterocycles. The van der Waals surface area contributed by atoms with Gasteiger partial charge in [0.15, 0.2) is 17.5 Å². The number of rotatable bonds is 4. The number of hydrogen-bond acceptors (Lipinski definition) is 6. The Labute approximate surface area is 210 Å². The third kappa shape index (κ3) is 4.00. The van der Waals surface area contributed by atoms with E-state index in [1.165, 1.54) is 0 Å². The fraction of sp³-hybridized carbons (Fsp3) is 0.400. The van der Waals surface area contributed by atoms with Gasteiger partial charge >= 0.3 is 0 Å². The summed E-state index contributed by atoms with van der Waals surface area (Å²) in [4.78, 5) is 40.1. The van der Waals surface area contributed by atoms with E-state index < -0.39 is 17.5 Å². The normalized spacial score (nSPS) is 20.4. The minimum absolute atomic E-state index is 0.00167. The lowest BCUT2D eigenvalue weighted by Gasteiger charge is -2.47. The summed E-state index contributed by atoms with van der Waals surface area (Å²) in [6, 6.07) is 3.21. The van der Waals surface area contributed by atoms with Crippen LogP contribution in [0.4, 0.5) is 24.8 Å². The second-order valence-corrected chi connectivity index (χ2v) is 10.1. The van der Waals surface area contributed by atoms with Crippen molar-refractivity contribution in [1.82, 2.24) is 24.6 Å². The van der Waals surface area contributed by atoms with Crippen LogP contribution in [0.3, 0.4) is 0 Å². The molecule has 2 aromatic heterocycles. The van der Waals surface area contributed by atoms with Crippen molar-refractivity contribution in [1.29, 1.82) is 0 Å². The van der Waals surface area contributed by atoms with E-state index in [2.05, 4.69) is 15.1 Å². The Balaban J connectivity index is 1.18. The Kier molecular flexibility index (Phi) is 5.42. The molecular formula is C25H24F3N7O2. The topological polar surface area (TPSA) is 87.5 Å². The summed E-state index contributed by atoms with van der Waals surface area (Å²) in [7, 11) is 0. The standard InChI is InChI=1S/C25H24F3N7O2/c1-15-10-35-20(11-33(15)21(36)7-16-5-17(26)23(28)18(27)6-16)19(9-31-35)34-14-25(8-22(34)37)12-32(13-25)24-29-3-2-4-30-24/h2-6,9,15H,7-8,10-14H2,1H3/t15-/m0/s1. The molecule has 192 valence electrons. The molecule has 1 aromatic carbocycles. The van der Waals surface area contributed by atoms with Crippen LogP contribution in [0.5, 0.6) is 0 Å². The number of benzene rings is 1. The number of hydrogen-bond donors (Lipinski definition) is 0. The first-order valence-corrected chi connectivity index (χ1v) is 12.0. The van der Waals surface area contributed by atoms with E-state index in [9.17, 15) is 22.8 Å². The molecule has 0 saturated carbocycles. The zero-order chi connectivity index (χ0) is 25.9. The van der Waals surface area contributed by atoms with Crippen LogP contribution < -0.4 is 9.80 Å². The predicted molar refractivity (Wildman–Crippen MR) is 126 cm³/mol. The van der Waals surface area contributed by atoms with E-state index in [0.717, 1.165) is 17.8 Å². The van der Waals surface area contributed by atoms with Gasteiger partial charge in [0.1, 0.15) is 0 Å². The van der Waals surface area contributed by atoms with Crippen molar-refractivity contribution in [3.05, 3.63) is 65.5 Å². The quantitative estimate of drug-likeness (QED) is 0.500. The van der Waals surface area contributed by atoms with Gasteiger partial charge < -0.3 is 14.7 Å². The van der Waals surface area contributed by atoms with Crippen molar-refractivity contribution in [2.45, 2.75) is 38.9 Å². The molecule has 9 nitrogen and oxygen atoms in total. The smallest absolute Gasteiger partial charge is 0.227 e. The molecule has 1 atom stereocenters. The molecule has 6 rings (SSSR count). The molecule has 2 saturated heterocycles. The molecular weight excluding hydrogens is 487 g/mol. The second-order valence-electron chi connectivity index (χ2n) is 10.1. The van der Waals surface area contributed by atoms with Crippen LogP contribution in [0.1, 0.15) is 24.6 Å². The van der Waals surface area contributed by atoms with Gasteiger partial charge in [0, 0.05) is 49.9 Å². The number of anilines is 2. The zero-order valence-electron chi connectivity index (χ0n) is 20.1. The first-order chi connectivity index (χ1) is 17.7. The van der Waals surface area contributed by atoms with Crippen molar-refractivity contribution in [2.24, 2.45) is 5.41 Å². The third-order valence-electron chi connectivity index (χ3n) is 7.43. The fourth-order valence-electron chi connectivity index (χ4n) is 5.62. The first kappa shape index (κ1) is 23.4. The molecule has 37 heavy (non-hydrogen) atoms. The van der Waals surface area contributed by atoms with Gasteiger partial charge in [0.25, 0.3) is 0 Å². The highest BCUT2D eigenvalue weighted by Crippen LogP contribution is 2.44. The average Bonchev–Trinajstić information content (AvgIpc) is 3.41. The van der Waals surface area contributed by atoms with Crippen molar-refractivity contribution in [3.63, 3.8) is 0 Å². The van der Waals surface area contributed by atoms with Crippen LogP contribution in [0.15, 0.2) is 36.8 Å². The SMILES string of the molecule is C[C@H]1Cn2ncc(N3CC4(CC3=O)CN(c3ncccn3)C4)c2CN1C(=O)Cc1cc(F)c(F)c(F)c1. The lowest BCUT2D eigenvalue weighted by atomic mass is 9.79. The van der Waals surface area contributed by atoms with Gasteiger partial charge in [-0.2, -0.15) is 5.10 Å². The van der Waals surface area contributed by atoms with Crippen molar-refractivity contribution in [3.8, 4) is 0 Å². The monoisotopic (exact) mass is 511 g/mol. The molecule has 0 aliphatic carbocycles. The largest absolute Gasteiger partial charge is 0.339 e. The maximum Gasteiger partial charge on any atom is 0.227 e. The Morgan fingerprint density at radius 1 is 1.11 bits per heavy atom. The molecule has 3 aliphatic heterocycles. The van der Waals surface area contributed by atoms with E-state index in [1.807, 2.05) is 11.8 Å². The molecule has 2 fully saturated rings. The molecule has 12 heteroatoms. The number of amides is 2. The molecule has 2 amide bonds. The third-order valence-corrected chi connectivity index (χ3v) is 7.43.